The van der Waals surface area contributed by atoms with Gasteiger partial charge in [-0.3, -0.25) is 0 Å². The van der Waals surface area contributed by atoms with Gasteiger partial charge in [0.15, 0.2) is 0 Å². The maximum atomic E-state index is 10.9. The molecule has 4 heteroatoms. The number of rotatable bonds is 2. The molecular formula is C13H10ClNO2. The van der Waals surface area contributed by atoms with Crippen LogP contribution in [-0.4, -0.2) is 16.1 Å². The van der Waals surface area contributed by atoms with Gasteiger partial charge in [0.25, 0.3) is 0 Å². The van der Waals surface area contributed by atoms with Gasteiger partial charge in [-0.1, -0.05) is 23.7 Å². The van der Waals surface area contributed by atoms with E-state index in [4.69, 9.17) is 16.7 Å². The first-order chi connectivity index (χ1) is 8.08. The number of aryl methyl sites for hydroxylation is 1. The fourth-order valence-corrected chi connectivity index (χ4v) is 1.85. The van der Waals surface area contributed by atoms with Crippen LogP contribution in [0.4, 0.5) is 0 Å². The Kier molecular flexibility index (Phi) is 3.11. The van der Waals surface area contributed by atoms with Crippen molar-refractivity contribution in [3.8, 4) is 11.1 Å². The fourth-order valence-electron chi connectivity index (χ4n) is 1.66. The van der Waals surface area contributed by atoms with Crippen LogP contribution < -0.4 is 0 Å². The fraction of sp³-hybridized carbons (Fsp3) is 0.0769. The van der Waals surface area contributed by atoms with Crippen molar-refractivity contribution in [2.24, 2.45) is 0 Å². The summed E-state index contributed by atoms with van der Waals surface area (Å²) < 4.78 is 0. The number of halogens is 1. The van der Waals surface area contributed by atoms with Crippen LogP contribution >= 0.6 is 11.6 Å². The number of benzene rings is 1. The molecule has 2 aromatic rings. The summed E-state index contributed by atoms with van der Waals surface area (Å²) in [6.07, 6.45) is 0. The lowest BCUT2D eigenvalue weighted by molar-refractivity contribution is 0.0697. The molecule has 0 saturated heterocycles. The van der Waals surface area contributed by atoms with Gasteiger partial charge in [0.05, 0.1) is 5.56 Å². The van der Waals surface area contributed by atoms with E-state index in [-0.39, 0.29) is 5.56 Å². The minimum Gasteiger partial charge on any atom is -0.478 e. The smallest absolute Gasteiger partial charge is 0.335 e. The second-order valence-electron chi connectivity index (χ2n) is 3.65. The Labute approximate surface area is 104 Å². The Balaban J connectivity index is 2.53. The van der Waals surface area contributed by atoms with Crippen molar-refractivity contribution in [2.75, 3.05) is 0 Å². The van der Waals surface area contributed by atoms with Crippen LogP contribution in [0.2, 0.25) is 5.15 Å². The van der Waals surface area contributed by atoms with E-state index < -0.39 is 5.97 Å². The topological polar surface area (TPSA) is 50.2 Å². The van der Waals surface area contributed by atoms with Gasteiger partial charge in [0.2, 0.25) is 0 Å². The molecule has 1 N–H and O–H groups in total. The van der Waals surface area contributed by atoms with E-state index in [1.807, 2.05) is 19.1 Å². The summed E-state index contributed by atoms with van der Waals surface area (Å²) in [5, 5.41) is 9.36. The van der Waals surface area contributed by atoms with E-state index in [0.29, 0.717) is 5.15 Å². The molecule has 1 heterocycles. The van der Waals surface area contributed by atoms with Crippen LogP contribution in [0.15, 0.2) is 36.4 Å². The van der Waals surface area contributed by atoms with Crippen molar-refractivity contribution in [3.63, 3.8) is 0 Å². The van der Waals surface area contributed by atoms with Crippen LogP contribution in [0.3, 0.4) is 0 Å². The molecule has 1 aromatic carbocycles. The Morgan fingerprint density at radius 1 is 1.29 bits per heavy atom. The molecule has 0 amide bonds. The van der Waals surface area contributed by atoms with Crippen molar-refractivity contribution < 1.29 is 9.90 Å². The van der Waals surface area contributed by atoms with Crippen molar-refractivity contribution in [3.05, 3.63) is 52.8 Å². The van der Waals surface area contributed by atoms with Gasteiger partial charge >= 0.3 is 5.97 Å². The number of nitrogens with zero attached hydrogens (tertiary/aromatic N) is 1. The minimum absolute atomic E-state index is 0.261. The Bertz CT molecular complexity index is 581. The molecule has 0 spiro atoms. The number of hydrogen-bond donors (Lipinski definition) is 1. The number of carboxylic acids is 1. The number of carbonyl (C=O) groups is 1. The minimum atomic E-state index is -0.938. The molecule has 0 aliphatic heterocycles. The van der Waals surface area contributed by atoms with Crippen LogP contribution in [-0.2, 0) is 0 Å². The summed E-state index contributed by atoms with van der Waals surface area (Å²) in [5.41, 5.74) is 2.75. The molecule has 1 aromatic heterocycles. The maximum absolute atomic E-state index is 10.9. The highest BCUT2D eigenvalue weighted by Crippen LogP contribution is 2.24. The SMILES string of the molecule is Cc1nc(Cl)ccc1-c1cccc(C(=O)O)c1. The Morgan fingerprint density at radius 2 is 2.06 bits per heavy atom. The summed E-state index contributed by atoms with van der Waals surface area (Å²) in [7, 11) is 0. The highest BCUT2D eigenvalue weighted by molar-refractivity contribution is 6.29. The zero-order valence-corrected chi connectivity index (χ0v) is 9.90. The molecule has 3 nitrogen and oxygen atoms in total. The van der Waals surface area contributed by atoms with Gasteiger partial charge in [-0.15, -0.1) is 0 Å². The van der Waals surface area contributed by atoms with Crippen LogP contribution in [0, 0.1) is 6.92 Å². The predicted octanol–water partition coefficient (Wildman–Crippen LogP) is 3.41. The average Bonchev–Trinajstić information content (AvgIpc) is 2.29. The first-order valence-electron chi connectivity index (χ1n) is 5.05. The summed E-state index contributed by atoms with van der Waals surface area (Å²) in [5.74, 6) is -0.938. The van der Waals surface area contributed by atoms with Crippen molar-refractivity contribution >= 4 is 17.6 Å². The van der Waals surface area contributed by atoms with Crippen molar-refractivity contribution in [1.82, 2.24) is 4.98 Å². The largest absolute Gasteiger partial charge is 0.478 e. The lowest BCUT2D eigenvalue weighted by Crippen LogP contribution is -1.96. The Hall–Kier alpha value is -1.87. The predicted molar refractivity (Wildman–Crippen MR) is 66.4 cm³/mol. The summed E-state index contributed by atoms with van der Waals surface area (Å²) >= 11 is 5.78. The number of hydrogen-bond acceptors (Lipinski definition) is 2. The van der Waals surface area contributed by atoms with Gasteiger partial charge in [0, 0.05) is 11.3 Å². The van der Waals surface area contributed by atoms with E-state index in [1.54, 1.807) is 24.3 Å². The van der Waals surface area contributed by atoms with Gasteiger partial charge in [-0.2, -0.15) is 0 Å². The van der Waals surface area contributed by atoms with E-state index in [0.717, 1.165) is 16.8 Å². The molecule has 86 valence electrons. The monoisotopic (exact) mass is 247 g/mol. The third-order valence-electron chi connectivity index (χ3n) is 2.47. The zero-order chi connectivity index (χ0) is 12.4. The van der Waals surface area contributed by atoms with Gasteiger partial charge in [-0.25, -0.2) is 9.78 Å². The lowest BCUT2D eigenvalue weighted by atomic mass is 10.0. The second kappa shape index (κ2) is 4.55. The maximum Gasteiger partial charge on any atom is 0.335 e. The molecule has 0 saturated carbocycles. The van der Waals surface area contributed by atoms with Crippen LogP contribution in [0.1, 0.15) is 16.1 Å². The number of carboxylic acid groups (broad SMARTS) is 1. The first-order valence-corrected chi connectivity index (χ1v) is 5.42. The molecule has 0 bridgehead atoms. The van der Waals surface area contributed by atoms with Crippen molar-refractivity contribution in [1.29, 1.82) is 0 Å². The van der Waals surface area contributed by atoms with Gasteiger partial charge in [-0.05, 0) is 36.8 Å². The van der Waals surface area contributed by atoms with E-state index in [9.17, 15) is 4.79 Å². The first kappa shape index (κ1) is 11.6. The zero-order valence-electron chi connectivity index (χ0n) is 9.14. The molecule has 17 heavy (non-hydrogen) atoms. The normalized spacial score (nSPS) is 10.2. The molecule has 0 unspecified atom stereocenters. The van der Waals surface area contributed by atoms with Gasteiger partial charge in [0.1, 0.15) is 5.15 Å². The third-order valence-corrected chi connectivity index (χ3v) is 2.68. The second-order valence-corrected chi connectivity index (χ2v) is 4.04. The average molecular weight is 248 g/mol. The van der Waals surface area contributed by atoms with Gasteiger partial charge < -0.3 is 5.11 Å². The van der Waals surface area contributed by atoms with E-state index >= 15 is 0 Å². The van der Waals surface area contributed by atoms with Crippen LogP contribution in [0.25, 0.3) is 11.1 Å². The summed E-state index contributed by atoms with van der Waals surface area (Å²) in [6, 6.07) is 10.3. The van der Waals surface area contributed by atoms with E-state index in [2.05, 4.69) is 4.98 Å². The summed E-state index contributed by atoms with van der Waals surface area (Å²) in [6.45, 7) is 1.84. The van der Waals surface area contributed by atoms with Crippen LogP contribution in [0.5, 0.6) is 0 Å². The molecule has 0 aliphatic carbocycles. The quantitative estimate of drug-likeness (QED) is 0.828. The molecular weight excluding hydrogens is 238 g/mol. The number of pyridine rings is 1. The molecule has 0 radical (unpaired) electrons. The lowest BCUT2D eigenvalue weighted by Gasteiger charge is -2.06. The van der Waals surface area contributed by atoms with Crippen molar-refractivity contribution in [2.45, 2.75) is 6.92 Å². The Morgan fingerprint density at radius 3 is 2.71 bits per heavy atom. The third kappa shape index (κ3) is 2.45. The molecule has 0 fully saturated rings. The standard InChI is InChI=1S/C13H10ClNO2/c1-8-11(5-6-12(14)15-8)9-3-2-4-10(7-9)13(16)17/h2-7H,1H3,(H,16,17). The van der Waals surface area contributed by atoms with E-state index in [1.165, 1.54) is 0 Å². The number of aromatic nitrogens is 1. The summed E-state index contributed by atoms with van der Waals surface area (Å²) in [4.78, 5) is 15.0. The molecule has 2 rings (SSSR count). The number of aromatic carboxylic acids is 1. The highest BCUT2D eigenvalue weighted by atomic mass is 35.5. The highest BCUT2D eigenvalue weighted by Gasteiger charge is 2.07. The molecule has 0 atom stereocenters. The molecule has 0 aliphatic rings.